The highest BCUT2D eigenvalue weighted by Crippen LogP contribution is 2.37. The largest absolute Gasteiger partial charge is 0.398 e. The molecule has 0 saturated carbocycles. The van der Waals surface area contributed by atoms with Crippen molar-refractivity contribution in [1.82, 2.24) is 0 Å². The highest BCUT2D eigenvalue weighted by Gasteiger charge is 2.19. The number of benzene rings is 2. The first-order chi connectivity index (χ1) is 12.7. The van der Waals surface area contributed by atoms with Gasteiger partial charge in [0.1, 0.15) is 0 Å². The van der Waals surface area contributed by atoms with Gasteiger partial charge in [0.15, 0.2) is 0 Å². The molecule has 2 heteroatoms. The van der Waals surface area contributed by atoms with E-state index in [-0.39, 0.29) is 0 Å². The number of hydrogen-bond donors (Lipinski definition) is 2. The zero-order valence-electron chi connectivity index (χ0n) is 17.1. The van der Waals surface area contributed by atoms with Crippen LogP contribution in [0.5, 0.6) is 0 Å². The van der Waals surface area contributed by atoms with E-state index in [1.165, 1.54) is 27.8 Å². The van der Waals surface area contributed by atoms with Crippen molar-refractivity contribution >= 4 is 17.0 Å². The lowest BCUT2D eigenvalue weighted by Crippen LogP contribution is -2.08. The van der Waals surface area contributed by atoms with Crippen LogP contribution in [-0.2, 0) is 0 Å². The first-order valence-corrected chi connectivity index (χ1v) is 9.34. The molecule has 0 unspecified atom stereocenters. The van der Waals surface area contributed by atoms with Crippen molar-refractivity contribution in [3.63, 3.8) is 0 Å². The van der Waals surface area contributed by atoms with Gasteiger partial charge in [-0.3, -0.25) is 0 Å². The third-order valence-corrected chi connectivity index (χ3v) is 5.43. The lowest BCUT2D eigenvalue weighted by Gasteiger charge is -2.22. The normalized spacial score (nSPS) is 14.1. The van der Waals surface area contributed by atoms with Gasteiger partial charge in [-0.05, 0) is 122 Å². The molecule has 2 nitrogen and oxygen atoms in total. The van der Waals surface area contributed by atoms with Crippen LogP contribution < -0.4 is 5.73 Å². The van der Waals surface area contributed by atoms with Crippen LogP contribution in [0.2, 0.25) is 0 Å². The topological polar surface area (TPSA) is 49.9 Å². The molecule has 0 bridgehead atoms. The van der Waals surface area contributed by atoms with Crippen molar-refractivity contribution in [2.75, 3.05) is 5.73 Å². The fourth-order valence-electron chi connectivity index (χ4n) is 3.89. The van der Waals surface area contributed by atoms with Crippen molar-refractivity contribution in [3.05, 3.63) is 92.6 Å². The average Bonchev–Trinajstić information content (AvgIpc) is 2.60. The summed E-state index contributed by atoms with van der Waals surface area (Å²) >= 11 is 0. The molecule has 1 aliphatic rings. The van der Waals surface area contributed by atoms with Gasteiger partial charge in [0.25, 0.3) is 0 Å². The van der Waals surface area contributed by atoms with E-state index in [2.05, 4.69) is 70.2 Å². The summed E-state index contributed by atoms with van der Waals surface area (Å²) in [5.41, 5.74) is 19.2. The number of anilines is 1. The SMILES string of the molecule is CC1=CC(=C(c2cc(C)c(N)c(C)c2)c2c(C)cccc2C)C=C(C)C1=N. The smallest absolute Gasteiger partial charge is 0.0598 e. The molecule has 1 aliphatic carbocycles. The molecule has 3 rings (SSSR count). The third kappa shape index (κ3) is 3.40. The maximum absolute atomic E-state index is 8.25. The molecule has 0 heterocycles. The summed E-state index contributed by atoms with van der Waals surface area (Å²) in [5, 5.41) is 8.25. The quantitative estimate of drug-likeness (QED) is 0.616. The van der Waals surface area contributed by atoms with E-state index >= 15 is 0 Å². The van der Waals surface area contributed by atoms with Gasteiger partial charge < -0.3 is 11.1 Å². The summed E-state index contributed by atoms with van der Waals surface area (Å²) in [7, 11) is 0. The number of aryl methyl sites for hydroxylation is 4. The molecule has 0 saturated heterocycles. The van der Waals surface area contributed by atoms with Gasteiger partial charge >= 0.3 is 0 Å². The van der Waals surface area contributed by atoms with E-state index in [0.29, 0.717) is 5.71 Å². The van der Waals surface area contributed by atoms with Crippen LogP contribution >= 0.6 is 0 Å². The Balaban J connectivity index is 2.43. The number of allylic oxidation sites excluding steroid dienone is 5. The number of nitrogens with two attached hydrogens (primary N) is 1. The Bertz CT molecular complexity index is 979. The van der Waals surface area contributed by atoms with Crippen molar-refractivity contribution < 1.29 is 0 Å². The second kappa shape index (κ2) is 7.03. The predicted molar refractivity (Wildman–Crippen MR) is 118 cm³/mol. The Kier molecular flexibility index (Phi) is 4.93. The summed E-state index contributed by atoms with van der Waals surface area (Å²) in [6.07, 6.45) is 4.27. The molecule has 0 fully saturated rings. The van der Waals surface area contributed by atoms with Crippen LogP contribution in [0.3, 0.4) is 0 Å². The van der Waals surface area contributed by atoms with Gasteiger partial charge in [-0.2, -0.15) is 0 Å². The number of nitrogens with one attached hydrogen (secondary N) is 1. The first kappa shape index (κ1) is 18.9. The summed E-state index contributed by atoms with van der Waals surface area (Å²) < 4.78 is 0. The molecule has 0 aliphatic heterocycles. The van der Waals surface area contributed by atoms with Crippen LogP contribution in [0.1, 0.15) is 47.2 Å². The standard InChI is InChI=1S/C25H28N2/c1-14-8-7-9-15(2)22(14)23(20-10-16(3)24(26)17(4)11-20)21-12-18(5)25(27)19(6)13-21/h7-13,26H,27H2,1-6H3. The molecule has 2 aromatic carbocycles. The predicted octanol–water partition coefficient (Wildman–Crippen LogP) is 6.23. The summed E-state index contributed by atoms with van der Waals surface area (Å²) in [6.45, 7) is 12.5. The average molecular weight is 357 g/mol. The second-order valence-electron chi connectivity index (χ2n) is 7.65. The molecular formula is C25H28N2. The minimum absolute atomic E-state index is 0.615. The maximum atomic E-state index is 8.25. The molecular weight excluding hydrogens is 328 g/mol. The lowest BCUT2D eigenvalue weighted by molar-refractivity contribution is 1.30. The zero-order valence-corrected chi connectivity index (χ0v) is 17.1. The number of nitrogen functional groups attached to an aromatic ring is 1. The number of rotatable bonds is 2. The van der Waals surface area contributed by atoms with E-state index in [1.807, 2.05) is 13.8 Å². The van der Waals surface area contributed by atoms with Crippen molar-refractivity contribution in [2.45, 2.75) is 41.5 Å². The van der Waals surface area contributed by atoms with Crippen molar-refractivity contribution in [3.8, 4) is 0 Å². The minimum Gasteiger partial charge on any atom is -0.398 e. The van der Waals surface area contributed by atoms with Crippen molar-refractivity contribution in [1.29, 1.82) is 5.41 Å². The fourth-order valence-corrected chi connectivity index (χ4v) is 3.89. The maximum Gasteiger partial charge on any atom is 0.0598 e. The van der Waals surface area contributed by atoms with Gasteiger partial charge in [-0.1, -0.05) is 18.2 Å². The van der Waals surface area contributed by atoms with E-state index in [4.69, 9.17) is 11.1 Å². The van der Waals surface area contributed by atoms with Gasteiger partial charge in [0.2, 0.25) is 0 Å². The monoisotopic (exact) mass is 356 g/mol. The molecule has 0 radical (unpaired) electrons. The Labute approximate surface area is 162 Å². The minimum atomic E-state index is 0.615. The van der Waals surface area contributed by atoms with Crippen LogP contribution in [0.4, 0.5) is 5.69 Å². The summed E-state index contributed by atoms with van der Waals surface area (Å²) in [6, 6.07) is 10.8. The molecule has 0 spiro atoms. The Hall–Kier alpha value is -2.87. The summed E-state index contributed by atoms with van der Waals surface area (Å²) in [5.74, 6) is 0. The molecule has 138 valence electrons. The van der Waals surface area contributed by atoms with Crippen LogP contribution in [0.25, 0.3) is 5.57 Å². The van der Waals surface area contributed by atoms with E-state index in [9.17, 15) is 0 Å². The van der Waals surface area contributed by atoms with Gasteiger partial charge in [-0.25, -0.2) is 0 Å². The van der Waals surface area contributed by atoms with Crippen LogP contribution in [0.15, 0.2) is 59.2 Å². The Morgan fingerprint density at radius 3 is 1.74 bits per heavy atom. The zero-order chi connectivity index (χ0) is 19.9. The molecule has 2 aromatic rings. The molecule has 0 aromatic heterocycles. The van der Waals surface area contributed by atoms with E-state index < -0.39 is 0 Å². The summed E-state index contributed by atoms with van der Waals surface area (Å²) in [4.78, 5) is 0. The molecule has 0 atom stereocenters. The highest BCUT2D eigenvalue weighted by molar-refractivity contribution is 6.12. The first-order valence-electron chi connectivity index (χ1n) is 9.34. The Morgan fingerprint density at radius 2 is 1.26 bits per heavy atom. The van der Waals surface area contributed by atoms with Crippen LogP contribution in [-0.4, -0.2) is 5.71 Å². The van der Waals surface area contributed by atoms with Crippen LogP contribution in [0, 0.1) is 33.1 Å². The van der Waals surface area contributed by atoms with Gasteiger partial charge in [-0.15, -0.1) is 0 Å². The molecule has 27 heavy (non-hydrogen) atoms. The Morgan fingerprint density at radius 1 is 0.778 bits per heavy atom. The van der Waals surface area contributed by atoms with Crippen molar-refractivity contribution in [2.24, 2.45) is 0 Å². The van der Waals surface area contributed by atoms with E-state index in [0.717, 1.165) is 33.5 Å². The number of hydrogen-bond acceptors (Lipinski definition) is 2. The van der Waals surface area contributed by atoms with Gasteiger partial charge in [0.05, 0.1) is 5.71 Å². The highest BCUT2D eigenvalue weighted by atomic mass is 14.6. The fraction of sp³-hybridized carbons (Fsp3) is 0.240. The lowest BCUT2D eigenvalue weighted by atomic mass is 9.83. The second-order valence-corrected chi connectivity index (χ2v) is 7.65. The van der Waals surface area contributed by atoms with Gasteiger partial charge in [0, 0.05) is 5.69 Å². The third-order valence-electron chi connectivity index (χ3n) is 5.43. The molecule has 0 amide bonds. The van der Waals surface area contributed by atoms with E-state index in [1.54, 1.807) is 0 Å². The molecule has 3 N–H and O–H groups in total.